The molecule has 0 saturated carbocycles. The molecule has 1 aromatic rings. The van der Waals surface area contributed by atoms with E-state index in [4.69, 9.17) is 11.6 Å². The monoisotopic (exact) mass is 312 g/mol. The third kappa shape index (κ3) is 2.29. The number of carbonyl (C=O) groups is 3. The first-order valence-electron chi connectivity index (χ1n) is 6.52. The molecule has 1 heterocycles. The summed E-state index contributed by atoms with van der Waals surface area (Å²) in [5.41, 5.74) is -1.26. The van der Waals surface area contributed by atoms with Crippen LogP contribution >= 0.6 is 11.6 Å². The molecule has 1 aliphatic rings. The predicted molar refractivity (Wildman–Crippen MR) is 75.4 cm³/mol. The minimum atomic E-state index is -1.31. The fraction of sp³-hybridized carbons (Fsp3) is 0.357. The van der Waals surface area contributed by atoms with E-state index in [9.17, 15) is 18.8 Å². The van der Waals surface area contributed by atoms with Gasteiger partial charge in [-0.3, -0.25) is 14.9 Å². The SMILES string of the molecule is CCC1(CC)C(=O)NC(=O)N(c2ccc(F)cc2Cl)C1=O. The molecule has 5 nitrogen and oxygen atoms in total. The van der Waals surface area contributed by atoms with E-state index >= 15 is 0 Å². The number of benzene rings is 1. The first kappa shape index (κ1) is 15.4. The summed E-state index contributed by atoms with van der Waals surface area (Å²) in [7, 11) is 0. The molecule has 1 saturated heterocycles. The smallest absolute Gasteiger partial charge is 0.276 e. The number of hydrogen-bond donors (Lipinski definition) is 1. The number of rotatable bonds is 3. The van der Waals surface area contributed by atoms with Gasteiger partial charge in [0, 0.05) is 0 Å². The molecule has 4 amide bonds. The van der Waals surface area contributed by atoms with Crippen LogP contribution in [0, 0.1) is 11.2 Å². The van der Waals surface area contributed by atoms with Crippen LogP contribution in [0.3, 0.4) is 0 Å². The van der Waals surface area contributed by atoms with Gasteiger partial charge in [0.25, 0.3) is 5.91 Å². The topological polar surface area (TPSA) is 66.5 Å². The predicted octanol–water partition coefficient (Wildman–Crippen LogP) is 2.87. The normalized spacial score (nSPS) is 17.9. The molecule has 1 N–H and O–H groups in total. The molecule has 0 atom stereocenters. The van der Waals surface area contributed by atoms with Crippen molar-refractivity contribution >= 4 is 35.1 Å². The maximum absolute atomic E-state index is 13.1. The zero-order chi connectivity index (χ0) is 15.8. The standard InChI is InChI=1S/C14H14ClFN2O3/c1-3-14(4-2)11(19)17-13(21)18(12(14)20)10-6-5-8(16)7-9(10)15/h5-7H,3-4H2,1-2H3,(H,17,19,21). The molecule has 0 bridgehead atoms. The van der Waals surface area contributed by atoms with Gasteiger partial charge in [-0.1, -0.05) is 25.4 Å². The van der Waals surface area contributed by atoms with Crippen LogP contribution in [-0.2, 0) is 9.59 Å². The van der Waals surface area contributed by atoms with Crippen LogP contribution < -0.4 is 10.2 Å². The van der Waals surface area contributed by atoms with Crippen LogP contribution in [0.4, 0.5) is 14.9 Å². The first-order valence-corrected chi connectivity index (χ1v) is 6.90. The van der Waals surface area contributed by atoms with Crippen molar-refractivity contribution in [3.8, 4) is 0 Å². The zero-order valence-electron chi connectivity index (χ0n) is 11.6. The number of nitrogens with zero attached hydrogens (tertiary/aromatic N) is 1. The molecular weight excluding hydrogens is 299 g/mol. The molecule has 0 radical (unpaired) electrons. The Kier molecular flexibility index (Phi) is 4.00. The molecule has 1 aromatic carbocycles. The Morgan fingerprint density at radius 3 is 2.38 bits per heavy atom. The Morgan fingerprint density at radius 1 is 1.24 bits per heavy atom. The number of imide groups is 2. The van der Waals surface area contributed by atoms with Crippen LogP contribution in [0.1, 0.15) is 26.7 Å². The second-order valence-electron chi connectivity index (χ2n) is 4.78. The molecule has 1 aliphatic heterocycles. The number of hydrogen-bond acceptors (Lipinski definition) is 3. The van der Waals surface area contributed by atoms with Gasteiger partial charge in [-0.2, -0.15) is 0 Å². The summed E-state index contributed by atoms with van der Waals surface area (Å²) >= 11 is 5.91. The highest BCUT2D eigenvalue weighted by Gasteiger charge is 2.52. The molecule has 0 unspecified atom stereocenters. The fourth-order valence-corrected chi connectivity index (χ4v) is 2.68. The van der Waals surface area contributed by atoms with Crippen molar-refractivity contribution in [2.75, 3.05) is 4.90 Å². The summed E-state index contributed by atoms with van der Waals surface area (Å²) < 4.78 is 13.1. The van der Waals surface area contributed by atoms with Gasteiger partial charge >= 0.3 is 6.03 Å². The van der Waals surface area contributed by atoms with E-state index < -0.39 is 29.1 Å². The molecular formula is C14H14ClFN2O3. The number of nitrogens with one attached hydrogen (secondary N) is 1. The molecule has 112 valence electrons. The Bertz CT molecular complexity index is 629. The van der Waals surface area contributed by atoms with Gasteiger partial charge in [-0.05, 0) is 31.0 Å². The molecule has 7 heteroatoms. The number of urea groups is 1. The second-order valence-corrected chi connectivity index (χ2v) is 5.19. The Balaban J connectivity index is 2.54. The van der Waals surface area contributed by atoms with Gasteiger partial charge in [0.1, 0.15) is 11.2 Å². The van der Waals surface area contributed by atoms with Crippen LogP contribution in [0.5, 0.6) is 0 Å². The van der Waals surface area contributed by atoms with Crippen LogP contribution in [0.2, 0.25) is 5.02 Å². The molecule has 2 rings (SSSR count). The lowest BCUT2D eigenvalue weighted by molar-refractivity contribution is -0.143. The molecule has 0 spiro atoms. The van der Waals surface area contributed by atoms with E-state index in [1.54, 1.807) is 13.8 Å². The second kappa shape index (κ2) is 5.44. The van der Waals surface area contributed by atoms with Gasteiger partial charge in [-0.25, -0.2) is 14.1 Å². The maximum Gasteiger partial charge on any atom is 0.335 e. The third-order valence-corrected chi connectivity index (χ3v) is 4.13. The highest BCUT2D eigenvalue weighted by atomic mass is 35.5. The fourth-order valence-electron chi connectivity index (χ4n) is 2.43. The van der Waals surface area contributed by atoms with E-state index in [1.165, 1.54) is 6.07 Å². The highest BCUT2D eigenvalue weighted by molar-refractivity contribution is 6.37. The van der Waals surface area contributed by atoms with Crippen molar-refractivity contribution in [3.05, 3.63) is 29.0 Å². The average Bonchev–Trinajstić information content (AvgIpc) is 2.42. The van der Waals surface area contributed by atoms with E-state index in [1.807, 2.05) is 0 Å². The van der Waals surface area contributed by atoms with Crippen molar-refractivity contribution < 1.29 is 18.8 Å². The van der Waals surface area contributed by atoms with E-state index in [0.29, 0.717) is 0 Å². The first-order chi connectivity index (χ1) is 9.87. The summed E-state index contributed by atoms with van der Waals surface area (Å²) in [6.07, 6.45) is 0.494. The maximum atomic E-state index is 13.1. The molecule has 1 fully saturated rings. The van der Waals surface area contributed by atoms with Crippen molar-refractivity contribution in [1.29, 1.82) is 0 Å². The number of anilines is 1. The van der Waals surface area contributed by atoms with E-state index in [2.05, 4.69) is 5.32 Å². The quantitative estimate of drug-likeness (QED) is 0.873. The lowest BCUT2D eigenvalue weighted by atomic mass is 9.78. The summed E-state index contributed by atoms with van der Waals surface area (Å²) in [5.74, 6) is -1.84. The Morgan fingerprint density at radius 2 is 1.86 bits per heavy atom. The van der Waals surface area contributed by atoms with E-state index in [-0.39, 0.29) is 23.6 Å². The van der Waals surface area contributed by atoms with Gasteiger partial charge in [0.2, 0.25) is 5.91 Å². The average molecular weight is 313 g/mol. The number of carbonyl (C=O) groups excluding carboxylic acids is 3. The molecule has 21 heavy (non-hydrogen) atoms. The number of halogens is 2. The lowest BCUT2D eigenvalue weighted by Gasteiger charge is -2.38. The third-order valence-electron chi connectivity index (χ3n) is 3.83. The van der Waals surface area contributed by atoms with Gasteiger partial charge in [0.05, 0.1) is 10.7 Å². The van der Waals surface area contributed by atoms with E-state index in [0.717, 1.165) is 17.0 Å². The van der Waals surface area contributed by atoms with Gasteiger partial charge < -0.3 is 0 Å². The number of barbiturate groups is 1. The largest absolute Gasteiger partial charge is 0.335 e. The summed E-state index contributed by atoms with van der Waals surface area (Å²) in [5, 5.41) is 2.09. The van der Waals surface area contributed by atoms with Gasteiger partial charge in [-0.15, -0.1) is 0 Å². The van der Waals surface area contributed by atoms with Crippen molar-refractivity contribution in [3.63, 3.8) is 0 Å². The Labute approximate surface area is 126 Å². The number of amides is 4. The van der Waals surface area contributed by atoms with Crippen molar-refractivity contribution in [2.24, 2.45) is 5.41 Å². The van der Waals surface area contributed by atoms with Crippen LogP contribution in [-0.4, -0.2) is 17.8 Å². The zero-order valence-corrected chi connectivity index (χ0v) is 12.3. The lowest BCUT2D eigenvalue weighted by Crippen LogP contribution is -2.64. The summed E-state index contributed by atoms with van der Waals surface area (Å²) in [6.45, 7) is 3.39. The van der Waals surface area contributed by atoms with Crippen molar-refractivity contribution in [2.45, 2.75) is 26.7 Å². The molecule has 0 aromatic heterocycles. The van der Waals surface area contributed by atoms with Gasteiger partial charge in [0.15, 0.2) is 0 Å². The summed E-state index contributed by atoms with van der Waals surface area (Å²) in [4.78, 5) is 37.5. The van der Waals surface area contributed by atoms with Crippen LogP contribution in [0.15, 0.2) is 18.2 Å². The minimum Gasteiger partial charge on any atom is -0.276 e. The Hall–Kier alpha value is -1.95. The molecule has 0 aliphatic carbocycles. The van der Waals surface area contributed by atoms with Crippen LogP contribution in [0.25, 0.3) is 0 Å². The van der Waals surface area contributed by atoms with Crippen molar-refractivity contribution in [1.82, 2.24) is 5.32 Å². The summed E-state index contributed by atoms with van der Waals surface area (Å²) in [6, 6.07) is 2.46. The highest BCUT2D eigenvalue weighted by Crippen LogP contribution is 2.37. The minimum absolute atomic E-state index is 0.0549.